The number of hydrogen-bond acceptors (Lipinski definition) is 2. The molecule has 0 bridgehead atoms. The van der Waals surface area contributed by atoms with Gasteiger partial charge in [-0.05, 0) is 60.4 Å². The topological polar surface area (TPSA) is 52.0 Å². The predicted octanol–water partition coefficient (Wildman–Crippen LogP) is 4.88. The van der Waals surface area contributed by atoms with Crippen LogP contribution >= 0.6 is 0 Å². The second-order valence-corrected chi connectivity index (χ2v) is 5.89. The normalized spacial score (nSPS) is 13.1. The summed E-state index contributed by atoms with van der Waals surface area (Å²) in [6.45, 7) is 2.34. The van der Waals surface area contributed by atoms with Crippen LogP contribution in [0.15, 0.2) is 36.4 Å². The SMILES string of the molecule is Cc1cc(N)ccc1C(c1ccc(N)cc1C)(C(F)(F)F)C(F)(F)F. The molecule has 0 aliphatic carbocycles. The highest BCUT2D eigenvalue weighted by Gasteiger charge is 2.73. The smallest absolute Gasteiger partial charge is 0.399 e. The molecular formula is C17H16F6N2. The zero-order valence-electron chi connectivity index (χ0n) is 13.4. The first-order valence-electron chi connectivity index (χ1n) is 7.19. The zero-order valence-corrected chi connectivity index (χ0v) is 13.4. The number of nitrogens with two attached hydrogens (primary N) is 2. The van der Waals surface area contributed by atoms with Gasteiger partial charge in [-0.15, -0.1) is 0 Å². The first-order valence-corrected chi connectivity index (χ1v) is 7.19. The van der Waals surface area contributed by atoms with Crippen molar-refractivity contribution in [2.45, 2.75) is 31.6 Å². The lowest BCUT2D eigenvalue weighted by molar-refractivity contribution is -0.289. The molecule has 0 spiro atoms. The van der Waals surface area contributed by atoms with Crippen LogP contribution in [-0.4, -0.2) is 12.4 Å². The summed E-state index contributed by atoms with van der Waals surface area (Å²) in [4.78, 5) is 0. The molecule has 0 saturated carbocycles. The van der Waals surface area contributed by atoms with Gasteiger partial charge < -0.3 is 11.5 Å². The molecule has 0 radical (unpaired) electrons. The highest BCUT2D eigenvalue weighted by Crippen LogP contribution is 2.57. The Morgan fingerprint density at radius 3 is 1.20 bits per heavy atom. The molecule has 4 N–H and O–H groups in total. The first-order chi connectivity index (χ1) is 11.3. The van der Waals surface area contributed by atoms with Crippen molar-refractivity contribution in [3.63, 3.8) is 0 Å². The number of hydrogen-bond donors (Lipinski definition) is 2. The van der Waals surface area contributed by atoms with Crippen LogP contribution in [-0.2, 0) is 5.41 Å². The molecule has 2 aromatic rings. The lowest BCUT2D eigenvalue weighted by Gasteiger charge is -2.40. The molecule has 0 aliphatic rings. The lowest BCUT2D eigenvalue weighted by Crippen LogP contribution is -2.55. The second kappa shape index (κ2) is 5.86. The van der Waals surface area contributed by atoms with Crippen molar-refractivity contribution in [1.82, 2.24) is 0 Å². The number of anilines is 2. The van der Waals surface area contributed by atoms with Gasteiger partial charge >= 0.3 is 12.4 Å². The Kier molecular flexibility index (Phi) is 4.44. The molecular weight excluding hydrogens is 346 g/mol. The fraction of sp³-hybridized carbons (Fsp3) is 0.294. The van der Waals surface area contributed by atoms with Gasteiger partial charge in [0.25, 0.3) is 0 Å². The van der Waals surface area contributed by atoms with Crippen molar-refractivity contribution in [3.8, 4) is 0 Å². The Bertz CT molecular complexity index is 725. The largest absolute Gasteiger partial charge is 0.411 e. The molecule has 8 heteroatoms. The number of benzene rings is 2. The predicted molar refractivity (Wildman–Crippen MR) is 84.1 cm³/mol. The van der Waals surface area contributed by atoms with E-state index in [9.17, 15) is 26.3 Å². The van der Waals surface area contributed by atoms with Crippen LogP contribution in [0.5, 0.6) is 0 Å². The molecule has 136 valence electrons. The third kappa shape index (κ3) is 2.89. The number of rotatable bonds is 2. The molecule has 0 aliphatic heterocycles. The van der Waals surface area contributed by atoms with E-state index < -0.39 is 28.9 Å². The minimum Gasteiger partial charge on any atom is -0.399 e. The Labute approximate surface area is 140 Å². The van der Waals surface area contributed by atoms with E-state index in [0.29, 0.717) is 0 Å². The number of nitrogen functional groups attached to an aromatic ring is 2. The Morgan fingerprint density at radius 2 is 0.960 bits per heavy atom. The minimum absolute atomic E-state index is 0.0773. The summed E-state index contributed by atoms with van der Waals surface area (Å²) in [6.07, 6.45) is -11.3. The van der Waals surface area contributed by atoms with Crippen LogP contribution in [0.1, 0.15) is 22.3 Å². The van der Waals surface area contributed by atoms with Crippen molar-refractivity contribution >= 4 is 11.4 Å². The van der Waals surface area contributed by atoms with Crippen molar-refractivity contribution in [2.75, 3.05) is 11.5 Å². The van der Waals surface area contributed by atoms with E-state index in [0.717, 1.165) is 36.4 Å². The average molecular weight is 362 g/mol. The molecule has 0 aromatic heterocycles. The van der Waals surface area contributed by atoms with Crippen LogP contribution in [0.3, 0.4) is 0 Å². The third-order valence-corrected chi connectivity index (χ3v) is 4.16. The quantitative estimate of drug-likeness (QED) is 0.591. The van der Waals surface area contributed by atoms with Crippen LogP contribution in [0.4, 0.5) is 37.7 Å². The molecule has 0 fully saturated rings. The highest BCUT2D eigenvalue weighted by atomic mass is 19.4. The first kappa shape index (κ1) is 19.0. The summed E-state index contributed by atoms with van der Waals surface area (Å²) in [6, 6.07) is 5.80. The maximum Gasteiger partial charge on any atom is 0.411 e. The molecule has 0 amide bonds. The van der Waals surface area contributed by atoms with E-state index in [1.807, 2.05) is 0 Å². The molecule has 0 saturated heterocycles. The minimum atomic E-state index is -5.63. The van der Waals surface area contributed by atoms with Crippen molar-refractivity contribution < 1.29 is 26.3 Å². The number of alkyl halides is 6. The fourth-order valence-electron chi connectivity index (χ4n) is 3.13. The van der Waals surface area contributed by atoms with Crippen LogP contribution in [0, 0.1) is 13.8 Å². The molecule has 0 atom stereocenters. The van der Waals surface area contributed by atoms with E-state index in [1.54, 1.807) is 0 Å². The van der Waals surface area contributed by atoms with Gasteiger partial charge in [0.15, 0.2) is 0 Å². The van der Waals surface area contributed by atoms with Crippen molar-refractivity contribution in [1.29, 1.82) is 0 Å². The van der Waals surface area contributed by atoms with Gasteiger partial charge in [-0.1, -0.05) is 12.1 Å². The Balaban J connectivity index is 3.02. The maximum atomic E-state index is 14.0. The molecule has 0 heterocycles. The molecule has 0 unspecified atom stereocenters. The summed E-state index contributed by atoms with van der Waals surface area (Å²) >= 11 is 0. The van der Waals surface area contributed by atoms with Gasteiger partial charge in [-0.3, -0.25) is 0 Å². The number of halogens is 6. The zero-order chi connectivity index (χ0) is 19.2. The Hall–Kier alpha value is -2.38. The van der Waals surface area contributed by atoms with Crippen LogP contribution in [0.2, 0.25) is 0 Å². The van der Waals surface area contributed by atoms with Crippen molar-refractivity contribution in [2.24, 2.45) is 0 Å². The van der Waals surface area contributed by atoms with Gasteiger partial charge in [-0.2, -0.15) is 26.3 Å². The molecule has 2 nitrogen and oxygen atoms in total. The molecule has 2 aromatic carbocycles. The van der Waals surface area contributed by atoms with Gasteiger partial charge in [0.1, 0.15) is 0 Å². The average Bonchev–Trinajstić information content (AvgIpc) is 2.40. The maximum absolute atomic E-state index is 14.0. The highest BCUT2D eigenvalue weighted by molar-refractivity contribution is 5.56. The van der Waals surface area contributed by atoms with E-state index >= 15 is 0 Å². The summed E-state index contributed by atoms with van der Waals surface area (Å²) < 4.78 is 84.1. The van der Waals surface area contributed by atoms with Crippen molar-refractivity contribution in [3.05, 3.63) is 58.7 Å². The summed E-state index contributed by atoms with van der Waals surface area (Å²) in [7, 11) is 0. The van der Waals surface area contributed by atoms with Gasteiger partial charge in [0.05, 0.1) is 0 Å². The lowest BCUT2D eigenvalue weighted by atomic mass is 9.70. The fourth-order valence-corrected chi connectivity index (χ4v) is 3.13. The van der Waals surface area contributed by atoms with Gasteiger partial charge in [0.2, 0.25) is 5.41 Å². The third-order valence-electron chi connectivity index (χ3n) is 4.16. The van der Waals surface area contributed by atoms with E-state index in [4.69, 9.17) is 11.5 Å². The molecule has 2 rings (SSSR count). The van der Waals surface area contributed by atoms with E-state index in [2.05, 4.69) is 0 Å². The number of aryl methyl sites for hydroxylation is 2. The molecule has 25 heavy (non-hydrogen) atoms. The summed E-state index contributed by atoms with van der Waals surface area (Å²) in [5, 5.41) is 0. The summed E-state index contributed by atoms with van der Waals surface area (Å²) in [5.41, 5.74) is 4.74. The van der Waals surface area contributed by atoms with E-state index in [1.165, 1.54) is 13.8 Å². The second-order valence-electron chi connectivity index (χ2n) is 5.89. The van der Waals surface area contributed by atoms with Crippen LogP contribution in [0.25, 0.3) is 0 Å². The van der Waals surface area contributed by atoms with Gasteiger partial charge in [0, 0.05) is 11.4 Å². The van der Waals surface area contributed by atoms with Crippen LogP contribution < -0.4 is 11.5 Å². The standard InChI is InChI=1S/C17H16F6N2/c1-9-7-11(24)3-5-13(9)15(16(18,19)20,17(21,22)23)14-6-4-12(25)8-10(14)2/h3-8H,24-25H2,1-2H3. The van der Waals surface area contributed by atoms with E-state index in [-0.39, 0.29) is 22.5 Å². The monoisotopic (exact) mass is 362 g/mol. The summed E-state index contributed by atoms with van der Waals surface area (Å²) in [5.74, 6) is 0. The Morgan fingerprint density at radius 1 is 0.640 bits per heavy atom. The van der Waals surface area contributed by atoms with Gasteiger partial charge in [-0.25, -0.2) is 0 Å².